The molecule has 3 aromatic heterocycles. The van der Waals surface area contributed by atoms with Crippen molar-refractivity contribution in [2.75, 3.05) is 11.9 Å². The van der Waals surface area contributed by atoms with Crippen LogP contribution in [-0.2, 0) is 0 Å². The molecule has 0 unspecified atom stereocenters. The number of hydrogen-bond acceptors (Lipinski definition) is 7. The molecule has 0 aliphatic carbocycles. The number of hydrogen-bond donors (Lipinski definition) is 2. The van der Waals surface area contributed by atoms with Gasteiger partial charge < -0.3 is 15.4 Å². The minimum atomic E-state index is -0.0459. The first-order valence-corrected chi connectivity index (χ1v) is 9.85. The molecule has 4 heterocycles. The molecule has 1 aromatic carbocycles. The Hall–Kier alpha value is -2.97. The van der Waals surface area contributed by atoms with E-state index in [1.54, 1.807) is 12.1 Å². The Morgan fingerprint density at radius 2 is 2.04 bits per heavy atom. The molecule has 28 heavy (non-hydrogen) atoms. The molecule has 1 amide bonds. The van der Waals surface area contributed by atoms with Crippen LogP contribution in [0.15, 0.2) is 36.5 Å². The van der Waals surface area contributed by atoms with E-state index in [2.05, 4.69) is 25.6 Å². The number of nitrogens with one attached hydrogen (secondary N) is 2. The number of nitrogens with zero attached hydrogens (tertiary/aromatic N) is 3. The number of thiophene rings is 1. The number of carbonyl (C=O) groups is 1. The van der Waals surface area contributed by atoms with Crippen LogP contribution in [0.3, 0.4) is 0 Å². The van der Waals surface area contributed by atoms with Crippen LogP contribution in [0.1, 0.15) is 16.6 Å². The summed E-state index contributed by atoms with van der Waals surface area (Å²) in [5, 5.41) is 8.49. The Labute approximate surface area is 168 Å². The van der Waals surface area contributed by atoms with E-state index in [9.17, 15) is 4.79 Å². The highest BCUT2D eigenvalue weighted by Gasteiger charge is 2.24. The lowest BCUT2D eigenvalue weighted by atomic mass is 10.1. The molecule has 2 N–H and O–H groups in total. The molecule has 1 aliphatic heterocycles. The van der Waals surface area contributed by atoms with E-state index < -0.39 is 0 Å². The lowest BCUT2D eigenvalue weighted by Gasteiger charge is -2.10. The lowest BCUT2D eigenvalue weighted by Crippen LogP contribution is -2.34. The number of anilines is 1. The molecule has 0 saturated carbocycles. The second-order valence-corrected chi connectivity index (χ2v) is 7.87. The first-order chi connectivity index (χ1) is 13.6. The minimum Gasteiger partial charge on any atom is -0.421 e. The summed E-state index contributed by atoms with van der Waals surface area (Å²) < 4.78 is 6.74. The van der Waals surface area contributed by atoms with Crippen molar-refractivity contribution >= 4 is 55.5 Å². The number of ether oxygens (including phenoxy) is 1. The van der Waals surface area contributed by atoms with Gasteiger partial charge in [-0.2, -0.15) is 4.98 Å². The Bertz CT molecular complexity index is 1240. The normalized spacial score (nSPS) is 16.4. The van der Waals surface area contributed by atoms with Crippen molar-refractivity contribution in [3.63, 3.8) is 0 Å². The molecule has 0 fully saturated rings. The van der Waals surface area contributed by atoms with Gasteiger partial charge in [0.15, 0.2) is 0 Å². The summed E-state index contributed by atoms with van der Waals surface area (Å²) >= 11 is 7.28. The number of amides is 1. The summed E-state index contributed by atoms with van der Waals surface area (Å²) in [5.41, 5.74) is 1.63. The molecule has 9 heteroatoms. The van der Waals surface area contributed by atoms with E-state index in [4.69, 9.17) is 16.3 Å². The highest BCUT2D eigenvalue weighted by atomic mass is 35.5. The fourth-order valence-electron chi connectivity index (χ4n) is 3.25. The number of halogens is 1. The van der Waals surface area contributed by atoms with Gasteiger partial charge in [0.25, 0.3) is 5.91 Å². The fourth-order valence-corrected chi connectivity index (χ4v) is 4.48. The van der Waals surface area contributed by atoms with Gasteiger partial charge in [-0.05, 0) is 36.7 Å². The van der Waals surface area contributed by atoms with Gasteiger partial charge in [-0.3, -0.25) is 4.79 Å². The van der Waals surface area contributed by atoms with Crippen LogP contribution in [0, 0.1) is 0 Å². The highest BCUT2D eigenvalue weighted by molar-refractivity contribution is 7.21. The molecule has 0 saturated heterocycles. The maximum atomic E-state index is 12.5. The molecule has 5 rings (SSSR count). The van der Waals surface area contributed by atoms with E-state index >= 15 is 0 Å². The van der Waals surface area contributed by atoms with E-state index in [-0.39, 0.29) is 17.2 Å². The third-order valence-corrected chi connectivity index (χ3v) is 5.81. The first kappa shape index (κ1) is 17.2. The molecule has 0 bridgehead atoms. The Morgan fingerprint density at radius 3 is 2.89 bits per heavy atom. The van der Waals surface area contributed by atoms with Gasteiger partial charge in [0.05, 0.1) is 11.2 Å². The van der Waals surface area contributed by atoms with Gasteiger partial charge in [0.2, 0.25) is 17.0 Å². The predicted molar refractivity (Wildman–Crippen MR) is 110 cm³/mol. The number of pyridine rings is 1. The smallest absolute Gasteiger partial charge is 0.263 e. The number of carbonyl (C=O) groups excluding carboxylic acids is 1. The molecule has 7 nitrogen and oxygen atoms in total. The van der Waals surface area contributed by atoms with Crippen molar-refractivity contribution in [3.8, 4) is 11.8 Å². The van der Waals surface area contributed by atoms with Crippen LogP contribution in [0.2, 0.25) is 5.28 Å². The molecule has 4 aromatic rings. The molecule has 1 atom stereocenters. The predicted octanol–water partition coefficient (Wildman–Crippen LogP) is 4.23. The van der Waals surface area contributed by atoms with Gasteiger partial charge >= 0.3 is 0 Å². The quantitative estimate of drug-likeness (QED) is 0.480. The topological polar surface area (TPSA) is 89.0 Å². The van der Waals surface area contributed by atoms with E-state index in [1.165, 1.54) is 17.5 Å². The van der Waals surface area contributed by atoms with Crippen LogP contribution in [0.4, 0.5) is 5.69 Å². The van der Waals surface area contributed by atoms with Gasteiger partial charge in [0, 0.05) is 46.4 Å². The molecular formula is C19H14ClN5O2S. The standard InChI is InChI=1S/C19H14ClN5O2S/c1-9-8-22-16-15-10-2-5-13(27-14-6-7-21-19(20)25-14)24-11(10)3-4-12(15)28-17(16)18(26)23-9/h2-7,9,22H,8H2,1H3,(H,23,26)/t9-/m1/s1. The summed E-state index contributed by atoms with van der Waals surface area (Å²) in [7, 11) is 0. The van der Waals surface area contributed by atoms with Crippen LogP contribution in [0.5, 0.6) is 11.8 Å². The monoisotopic (exact) mass is 411 g/mol. The van der Waals surface area contributed by atoms with Gasteiger partial charge in [-0.25, -0.2) is 9.97 Å². The lowest BCUT2D eigenvalue weighted by molar-refractivity contribution is 0.0949. The SMILES string of the molecule is C[C@@H]1CNc2c(sc3ccc4nc(Oc5ccnc(Cl)n5)ccc4c23)C(=O)N1. The van der Waals surface area contributed by atoms with Gasteiger partial charge in [-0.15, -0.1) is 11.3 Å². The zero-order valence-corrected chi connectivity index (χ0v) is 16.3. The summed E-state index contributed by atoms with van der Waals surface area (Å²) in [5.74, 6) is 0.683. The third kappa shape index (κ3) is 2.90. The van der Waals surface area contributed by atoms with E-state index in [1.807, 2.05) is 25.1 Å². The maximum absolute atomic E-state index is 12.5. The zero-order chi connectivity index (χ0) is 19.3. The molecule has 1 aliphatic rings. The highest BCUT2D eigenvalue weighted by Crippen LogP contribution is 2.41. The Morgan fingerprint density at radius 1 is 1.18 bits per heavy atom. The number of rotatable bonds is 2. The number of aromatic nitrogens is 3. The van der Waals surface area contributed by atoms with Crippen molar-refractivity contribution in [2.45, 2.75) is 13.0 Å². The van der Waals surface area contributed by atoms with Crippen LogP contribution >= 0.6 is 22.9 Å². The van der Waals surface area contributed by atoms with Crippen LogP contribution in [-0.4, -0.2) is 33.4 Å². The van der Waals surface area contributed by atoms with Crippen molar-refractivity contribution in [1.29, 1.82) is 0 Å². The average molecular weight is 412 g/mol. The van der Waals surface area contributed by atoms with Gasteiger partial charge in [-0.1, -0.05) is 0 Å². The van der Waals surface area contributed by atoms with Crippen molar-refractivity contribution < 1.29 is 9.53 Å². The van der Waals surface area contributed by atoms with Crippen LogP contribution in [0.25, 0.3) is 21.0 Å². The van der Waals surface area contributed by atoms with E-state index in [0.717, 1.165) is 26.7 Å². The summed E-state index contributed by atoms with van der Waals surface area (Å²) in [6.45, 7) is 2.65. The maximum Gasteiger partial charge on any atom is 0.263 e. The third-order valence-electron chi connectivity index (χ3n) is 4.48. The largest absolute Gasteiger partial charge is 0.421 e. The fraction of sp³-hybridized carbons (Fsp3) is 0.158. The second kappa shape index (κ2) is 6.57. The molecule has 0 spiro atoms. The number of fused-ring (bicyclic) bond motifs is 5. The van der Waals surface area contributed by atoms with E-state index in [0.29, 0.717) is 23.2 Å². The van der Waals surface area contributed by atoms with Crippen molar-refractivity contribution in [3.05, 3.63) is 46.7 Å². The van der Waals surface area contributed by atoms with Crippen molar-refractivity contribution in [2.24, 2.45) is 0 Å². The zero-order valence-electron chi connectivity index (χ0n) is 14.7. The summed E-state index contributed by atoms with van der Waals surface area (Å²) in [6.07, 6.45) is 1.52. The second-order valence-electron chi connectivity index (χ2n) is 6.48. The Kier molecular flexibility index (Phi) is 4.03. The summed E-state index contributed by atoms with van der Waals surface area (Å²) in [4.78, 5) is 25.6. The average Bonchev–Trinajstić information content (AvgIpc) is 2.99. The van der Waals surface area contributed by atoms with Gasteiger partial charge in [0.1, 0.15) is 4.88 Å². The minimum absolute atomic E-state index is 0.0459. The molecule has 0 radical (unpaired) electrons. The molecule has 140 valence electrons. The van der Waals surface area contributed by atoms with Crippen LogP contribution < -0.4 is 15.4 Å². The number of benzene rings is 1. The summed E-state index contributed by atoms with van der Waals surface area (Å²) in [6, 6.07) is 9.31. The molecular weight excluding hydrogens is 398 g/mol. The van der Waals surface area contributed by atoms with Crippen molar-refractivity contribution in [1.82, 2.24) is 20.3 Å². The first-order valence-electron chi connectivity index (χ1n) is 8.66. The Balaban J connectivity index is 1.62.